The summed E-state index contributed by atoms with van der Waals surface area (Å²) in [5, 5.41) is 3.91. The SMILES string of the molecule is Fc1ccc(CCn2cncc2-c2cccc3c2CCNC3)cc1.O=S(=O)(Cl)c1ccc(Cl)nc1.O=S(=O)(c1ccc(Cl)nc1)N1CCc2c(cccc2-c2cncn2CCc2ccc(F)cc2)C1. The molecule has 0 fully saturated rings. The first-order chi connectivity index (χ1) is 33.2. The third kappa shape index (κ3) is 12.5. The highest BCUT2D eigenvalue weighted by Gasteiger charge is 2.30. The molecule has 356 valence electrons. The summed E-state index contributed by atoms with van der Waals surface area (Å²) in [6, 6.07) is 31.4. The maximum Gasteiger partial charge on any atom is 0.262 e. The van der Waals surface area contributed by atoms with Crippen LogP contribution in [0.1, 0.15) is 33.4 Å². The molecule has 8 aromatic rings. The molecule has 1 N–H and O–H groups in total. The molecule has 0 amide bonds. The van der Waals surface area contributed by atoms with Gasteiger partial charge in [0.15, 0.2) is 0 Å². The minimum Gasteiger partial charge on any atom is -0.330 e. The van der Waals surface area contributed by atoms with Crippen LogP contribution < -0.4 is 5.32 Å². The summed E-state index contributed by atoms with van der Waals surface area (Å²) in [4.78, 5) is 16.3. The van der Waals surface area contributed by atoms with Gasteiger partial charge in [0.25, 0.3) is 9.05 Å². The summed E-state index contributed by atoms with van der Waals surface area (Å²) in [5.74, 6) is -0.432. The fourth-order valence-electron chi connectivity index (χ4n) is 8.22. The molecule has 0 spiro atoms. The zero-order valence-electron chi connectivity index (χ0n) is 36.9. The topological polar surface area (TPSA) is 145 Å². The second-order valence-corrected chi connectivity index (χ2v) is 21.4. The first-order valence-electron chi connectivity index (χ1n) is 21.8. The number of aryl methyl sites for hydroxylation is 4. The van der Waals surface area contributed by atoms with Crippen LogP contribution in [0, 0.1) is 11.6 Å². The highest BCUT2D eigenvalue weighted by molar-refractivity contribution is 8.13. The molecule has 12 nitrogen and oxygen atoms in total. The van der Waals surface area contributed by atoms with E-state index in [2.05, 4.69) is 58.7 Å². The van der Waals surface area contributed by atoms with E-state index in [1.165, 1.54) is 75.7 Å². The van der Waals surface area contributed by atoms with Gasteiger partial charge in [-0.1, -0.05) is 83.9 Å². The number of halogens is 5. The third-order valence-electron chi connectivity index (χ3n) is 11.8. The van der Waals surface area contributed by atoms with Crippen LogP contribution in [-0.4, -0.2) is 63.3 Å². The lowest BCUT2D eigenvalue weighted by Gasteiger charge is -2.29. The molecule has 6 heterocycles. The van der Waals surface area contributed by atoms with Crippen LogP contribution in [0.5, 0.6) is 0 Å². The molecule has 2 aliphatic rings. The van der Waals surface area contributed by atoms with Crippen LogP contribution >= 0.6 is 33.9 Å². The zero-order chi connectivity index (χ0) is 48.5. The van der Waals surface area contributed by atoms with Gasteiger partial charge in [-0.3, -0.25) is 0 Å². The maximum atomic E-state index is 13.2. The van der Waals surface area contributed by atoms with Gasteiger partial charge in [0.05, 0.1) is 36.4 Å². The highest BCUT2D eigenvalue weighted by Crippen LogP contribution is 2.33. The minimum atomic E-state index is -3.67. The maximum absolute atomic E-state index is 13.2. The third-order valence-corrected chi connectivity index (χ3v) is 15.4. The fourth-order valence-corrected chi connectivity index (χ4v) is 10.5. The molecular weight excluding hydrogens is 985 g/mol. The standard InChI is InChI=1S/C25H22ClFN4O2S.C20H20FN3.C5H3Cl2NO2S/c26-25-9-8-21(14-29-25)34(32,33)31-13-11-22-19(16-31)2-1-3-23(22)24-15-28-17-30(24)12-10-18-4-6-20(27)7-5-18;21-17-6-4-15(5-7-17)9-11-24-14-23-13-20(24)19-3-1-2-16-12-22-10-8-18(16)19;6-5-2-1-4(3-8-5)11(7,9)10/h1-9,14-15,17H,10-13,16H2;1-7,13-14,22H,8-12H2;1-3H. The lowest BCUT2D eigenvalue weighted by Crippen LogP contribution is -2.36. The molecule has 0 atom stereocenters. The van der Waals surface area contributed by atoms with Crippen molar-refractivity contribution < 1.29 is 25.6 Å². The molecule has 4 aromatic heterocycles. The van der Waals surface area contributed by atoms with Crippen molar-refractivity contribution in [3.05, 3.63) is 202 Å². The molecule has 4 aromatic carbocycles. The van der Waals surface area contributed by atoms with Crippen molar-refractivity contribution in [3.8, 4) is 22.5 Å². The Morgan fingerprint density at radius 3 is 1.61 bits per heavy atom. The van der Waals surface area contributed by atoms with Crippen molar-refractivity contribution >= 4 is 53.0 Å². The van der Waals surface area contributed by atoms with Gasteiger partial charge in [0, 0.05) is 66.9 Å². The highest BCUT2D eigenvalue weighted by atomic mass is 35.7. The van der Waals surface area contributed by atoms with Crippen LogP contribution in [0.3, 0.4) is 0 Å². The van der Waals surface area contributed by atoms with Crippen molar-refractivity contribution in [2.24, 2.45) is 0 Å². The number of fused-ring (bicyclic) bond motifs is 2. The number of nitrogens with one attached hydrogen (secondary N) is 1. The van der Waals surface area contributed by atoms with Gasteiger partial charge in [-0.15, -0.1) is 0 Å². The number of rotatable bonds is 11. The van der Waals surface area contributed by atoms with Gasteiger partial charge < -0.3 is 14.5 Å². The Kier molecular flexibility index (Phi) is 16.0. The Hall–Kier alpha value is -5.85. The first-order valence-corrected chi connectivity index (χ1v) is 26.3. The Morgan fingerprint density at radius 2 is 1.10 bits per heavy atom. The number of sulfonamides is 1. The number of aromatic nitrogens is 6. The summed E-state index contributed by atoms with van der Waals surface area (Å²) in [6.07, 6.45) is 13.1. The average molecular weight is 1030 g/mol. The summed E-state index contributed by atoms with van der Waals surface area (Å²) in [7, 11) is -2.34. The first kappa shape index (κ1) is 49.6. The predicted octanol–water partition coefficient (Wildman–Crippen LogP) is 9.97. The minimum absolute atomic E-state index is 0.0523. The van der Waals surface area contributed by atoms with Crippen molar-refractivity contribution in [1.29, 1.82) is 0 Å². The molecule has 0 unspecified atom stereocenters. The number of hydrogen-bond acceptors (Lipinski definition) is 9. The van der Waals surface area contributed by atoms with Gasteiger partial charge >= 0.3 is 0 Å². The molecule has 0 saturated carbocycles. The number of benzene rings is 4. The number of nitrogens with zero attached hydrogens (tertiary/aromatic N) is 7. The number of imidazole rings is 2. The van der Waals surface area contributed by atoms with Gasteiger partial charge in [-0.05, 0) is 114 Å². The summed E-state index contributed by atoms with van der Waals surface area (Å²) in [5.41, 5.74) is 11.6. The monoisotopic (exact) mass is 1030 g/mol. The summed E-state index contributed by atoms with van der Waals surface area (Å²) < 4.78 is 79.5. The Bertz CT molecular complexity index is 3250. The lowest BCUT2D eigenvalue weighted by molar-refractivity contribution is 0.391. The molecule has 19 heteroatoms. The second kappa shape index (κ2) is 22.3. The molecule has 0 bridgehead atoms. The number of hydrogen-bond donors (Lipinski definition) is 1. The van der Waals surface area contributed by atoms with Gasteiger partial charge in [0.1, 0.15) is 31.7 Å². The van der Waals surface area contributed by atoms with E-state index >= 15 is 0 Å². The van der Waals surface area contributed by atoms with Gasteiger partial charge in [0.2, 0.25) is 10.0 Å². The Balaban J connectivity index is 0.000000158. The van der Waals surface area contributed by atoms with Crippen molar-refractivity contribution in [3.63, 3.8) is 0 Å². The van der Waals surface area contributed by atoms with Crippen LogP contribution in [0.4, 0.5) is 8.78 Å². The molecule has 0 saturated heterocycles. The number of pyridine rings is 2. The van der Waals surface area contributed by atoms with Crippen LogP contribution in [0.2, 0.25) is 10.3 Å². The van der Waals surface area contributed by atoms with Gasteiger partial charge in [-0.2, -0.15) is 4.31 Å². The molecule has 69 heavy (non-hydrogen) atoms. The summed E-state index contributed by atoms with van der Waals surface area (Å²) in [6.45, 7) is 4.16. The van der Waals surface area contributed by atoms with Gasteiger partial charge in [-0.25, -0.2) is 45.6 Å². The van der Waals surface area contributed by atoms with Crippen molar-refractivity contribution in [2.45, 2.75) is 61.7 Å². The zero-order valence-corrected chi connectivity index (χ0v) is 40.8. The smallest absolute Gasteiger partial charge is 0.262 e. The Morgan fingerprint density at radius 1 is 0.594 bits per heavy atom. The molecule has 0 radical (unpaired) electrons. The lowest BCUT2D eigenvalue weighted by atomic mass is 9.94. The molecule has 10 rings (SSSR count). The van der Waals surface area contributed by atoms with Crippen molar-refractivity contribution in [2.75, 3.05) is 13.1 Å². The average Bonchev–Trinajstić information content (AvgIpc) is 4.04. The van der Waals surface area contributed by atoms with E-state index in [1.807, 2.05) is 43.0 Å². The van der Waals surface area contributed by atoms with E-state index in [9.17, 15) is 25.6 Å². The van der Waals surface area contributed by atoms with Crippen LogP contribution in [0.15, 0.2) is 156 Å². The fraction of sp³-hybridized carbons (Fsp3) is 0.200. The van der Waals surface area contributed by atoms with Crippen molar-refractivity contribution in [1.82, 2.24) is 38.7 Å². The van der Waals surface area contributed by atoms with E-state index in [0.29, 0.717) is 19.5 Å². The van der Waals surface area contributed by atoms with E-state index in [4.69, 9.17) is 33.9 Å². The summed E-state index contributed by atoms with van der Waals surface area (Å²) >= 11 is 11.2. The molecule has 2 aliphatic heterocycles. The Labute approximate surface area is 414 Å². The van der Waals surface area contributed by atoms with Crippen LogP contribution in [0.25, 0.3) is 22.5 Å². The normalized spacial score (nSPS) is 13.6. The van der Waals surface area contributed by atoms with E-state index < -0.39 is 19.1 Å². The largest absolute Gasteiger partial charge is 0.330 e. The van der Waals surface area contributed by atoms with E-state index in [1.54, 1.807) is 18.5 Å². The second-order valence-electron chi connectivity index (χ2n) is 16.2. The van der Waals surface area contributed by atoms with Crippen LogP contribution in [-0.2, 0) is 70.9 Å². The molecule has 0 aliphatic carbocycles. The van der Waals surface area contributed by atoms with E-state index in [-0.39, 0.29) is 38.3 Å². The quantitative estimate of drug-likeness (QED) is 0.0989. The van der Waals surface area contributed by atoms with E-state index in [0.717, 1.165) is 84.3 Å². The predicted molar refractivity (Wildman–Crippen MR) is 264 cm³/mol. The molecular formula is C50H45Cl3F2N8O4S2.